The molecule has 3 aromatic rings. The van der Waals surface area contributed by atoms with Crippen LogP contribution in [0.4, 0.5) is 19.1 Å². The number of alkyl halides is 2. The number of pyridine rings is 1. The summed E-state index contributed by atoms with van der Waals surface area (Å²) in [7, 11) is -3.38. The summed E-state index contributed by atoms with van der Waals surface area (Å²) >= 11 is 0. The van der Waals surface area contributed by atoms with Crippen molar-refractivity contribution in [3.63, 3.8) is 0 Å². The van der Waals surface area contributed by atoms with E-state index in [-0.39, 0.29) is 46.6 Å². The summed E-state index contributed by atoms with van der Waals surface area (Å²) in [6.07, 6.45) is 1.54. The molecule has 0 spiro atoms. The van der Waals surface area contributed by atoms with Crippen LogP contribution in [0.5, 0.6) is 0 Å². The fraction of sp³-hybridized carbons (Fsp3) is 0.450. The summed E-state index contributed by atoms with van der Waals surface area (Å²) in [5.74, 6) is -0.544. The molecule has 33 heavy (non-hydrogen) atoms. The molecule has 1 aliphatic carbocycles. The number of hydrogen-bond donors (Lipinski definition) is 2. The van der Waals surface area contributed by atoms with Gasteiger partial charge in [-0.1, -0.05) is 0 Å². The van der Waals surface area contributed by atoms with Crippen molar-refractivity contribution in [2.75, 3.05) is 18.4 Å². The minimum absolute atomic E-state index is 0.0335. The Labute approximate surface area is 187 Å². The normalized spacial score (nSPS) is 22.2. The molecular formula is C20H21F3N6O3S. The minimum Gasteiger partial charge on any atom is -0.390 e. The molecule has 9 nitrogen and oxygen atoms in total. The van der Waals surface area contributed by atoms with Gasteiger partial charge in [-0.05, 0) is 25.3 Å². The lowest BCUT2D eigenvalue weighted by Crippen LogP contribution is -2.52. The standard InChI is InChI=1S/C20H21F3N6O3S/c21-14-6-16(11-5-12(19(22)23)8-24-7-11)29-17(14)9-25-20(27-29)26-15-3-4-28(10-18(15)30)33(31,32)13-1-2-13/h5-9,13,15,18-19,30H,1-4,10H2,(H,26,27)/t15-,18-/m1/s1. The van der Waals surface area contributed by atoms with Crippen molar-refractivity contribution in [3.05, 3.63) is 42.1 Å². The van der Waals surface area contributed by atoms with Crippen molar-refractivity contribution in [2.24, 2.45) is 0 Å². The lowest BCUT2D eigenvalue weighted by Gasteiger charge is -2.35. The van der Waals surface area contributed by atoms with Crippen molar-refractivity contribution < 1.29 is 26.7 Å². The van der Waals surface area contributed by atoms with E-state index in [9.17, 15) is 26.7 Å². The van der Waals surface area contributed by atoms with Gasteiger partial charge >= 0.3 is 0 Å². The third-order valence-electron chi connectivity index (χ3n) is 5.94. The number of aliphatic hydroxyl groups excluding tert-OH is 1. The maximum absolute atomic E-state index is 14.4. The van der Waals surface area contributed by atoms with Crippen molar-refractivity contribution in [1.29, 1.82) is 0 Å². The Morgan fingerprint density at radius 1 is 1.15 bits per heavy atom. The zero-order chi connectivity index (χ0) is 23.3. The number of rotatable bonds is 6. The Hall–Kier alpha value is -2.77. The molecule has 3 aromatic heterocycles. The van der Waals surface area contributed by atoms with Crippen LogP contribution in [0, 0.1) is 5.82 Å². The highest BCUT2D eigenvalue weighted by molar-refractivity contribution is 7.90. The molecule has 2 fully saturated rings. The first kappa shape index (κ1) is 22.0. The predicted octanol–water partition coefficient (Wildman–Crippen LogP) is 2.21. The van der Waals surface area contributed by atoms with E-state index >= 15 is 0 Å². The van der Waals surface area contributed by atoms with E-state index in [1.165, 1.54) is 27.3 Å². The van der Waals surface area contributed by atoms with Crippen LogP contribution in [-0.4, -0.2) is 67.9 Å². The summed E-state index contributed by atoms with van der Waals surface area (Å²) in [4.78, 5) is 7.90. The van der Waals surface area contributed by atoms with Crippen LogP contribution in [0.3, 0.4) is 0 Å². The fourth-order valence-electron chi connectivity index (χ4n) is 3.99. The van der Waals surface area contributed by atoms with Crippen molar-refractivity contribution in [3.8, 4) is 11.3 Å². The van der Waals surface area contributed by atoms with E-state index < -0.39 is 34.4 Å². The third-order valence-corrected chi connectivity index (χ3v) is 8.31. The second kappa shape index (κ2) is 8.22. The zero-order valence-corrected chi connectivity index (χ0v) is 18.1. The molecule has 1 saturated heterocycles. The molecule has 2 atom stereocenters. The molecule has 176 valence electrons. The highest BCUT2D eigenvalue weighted by Gasteiger charge is 2.43. The van der Waals surface area contributed by atoms with Crippen molar-refractivity contribution in [2.45, 2.75) is 43.1 Å². The first-order chi connectivity index (χ1) is 15.7. The van der Waals surface area contributed by atoms with E-state index in [1.54, 1.807) is 0 Å². The number of aliphatic hydroxyl groups is 1. The quantitative estimate of drug-likeness (QED) is 0.554. The number of nitrogens with one attached hydrogen (secondary N) is 1. The summed E-state index contributed by atoms with van der Waals surface area (Å²) in [5.41, 5.74) is 0.221. The lowest BCUT2D eigenvalue weighted by atomic mass is 10.0. The molecule has 13 heteroatoms. The van der Waals surface area contributed by atoms with Gasteiger partial charge in [0, 0.05) is 42.7 Å². The largest absolute Gasteiger partial charge is 0.390 e. The van der Waals surface area contributed by atoms with Crippen LogP contribution in [0.2, 0.25) is 0 Å². The monoisotopic (exact) mass is 482 g/mol. The molecule has 0 bridgehead atoms. The highest BCUT2D eigenvalue weighted by Crippen LogP contribution is 2.33. The second-order valence-electron chi connectivity index (χ2n) is 8.27. The maximum atomic E-state index is 14.4. The number of fused-ring (bicyclic) bond motifs is 1. The van der Waals surface area contributed by atoms with Gasteiger partial charge in [0.1, 0.15) is 5.52 Å². The van der Waals surface area contributed by atoms with Gasteiger partial charge in [-0.15, -0.1) is 5.10 Å². The molecule has 0 radical (unpaired) electrons. The first-order valence-corrected chi connectivity index (χ1v) is 12.0. The number of piperidine rings is 1. The molecule has 4 heterocycles. The molecule has 2 N–H and O–H groups in total. The van der Waals surface area contributed by atoms with E-state index in [1.807, 2.05) is 0 Å². The van der Waals surface area contributed by atoms with E-state index in [0.29, 0.717) is 19.3 Å². The van der Waals surface area contributed by atoms with Crippen LogP contribution >= 0.6 is 0 Å². The van der Waals surface area contributed by atoms with Crippen molar-refractivity contribution in [1.82, 2.24) is 23.9 Å². The van der Waals surface area contributed by atoms with E-state index in [0.717, 1.165) is 12.3 Å². The minimum atomic E-state index is -3.38. The Kier molecular flexibility index (Phi) is 5.49. The zero-order valence-electron chi connectivity index (χ0n) is 17.3. The number of anilines is 1. The van der Waals surface area contributed by atoms with Gasteiger partial charge in [0.05, 0.1) is 29.3 Å². The fourth-order valence-corrected chi connectivity index (χ4v) is 5.86. The number of halogens is 3. The molecule has 2 aliphatic rings. The lowest BCUT2D eigenvalue weighted by molar-refractivity contribution is 0.0946. The molecule has 0 unspecified atom stereocenters. The van der Waals surface area contributed by atoms with Gasteiger partial charge in [0.25, 0.3) is 6.43 Å². The number of aromatic nitrogens is 4. The van der Waals surface area contributed by atoms with E-state index in [2.05, 4.69) is 20.4 Å². The topological polar surface area (TPSA) is 113 Å². The van der Waals surface area contributed by atoms with Crippen molar-refractivity contribution >= 4 is 21.5 Å². The summed E-state index contributed by atoms with van der Waals surface area (Å²) < 4.78 is 68.0. The van der Waals surface area contributed by atoms with Gasteiger partial charge in [-0.3, -0.25) is 4.98 Å². The van der Waals surface area contributed by atoms with Gasteiger partial charge in [0.15, 0.2) is 5.82 Å². The van der Waals surface area contributed by atoms with Crippen LogP contribution in [0.15, 0.2) is 30.7 Å². The van der Waals surface area contributed by atoms with Crippen LogP contribution in [0.25, 0.3) is 16.8 Å². The van der Waals surface area contributed by atoms with Gasteiger partial charge in [0.2, 0.25) is 16.0 Å². The van der Waals surface area contributed by atoms with Gasteiger partial charge in [-0.2, -0.15) is 4.31 Å². The summed E-state index contributed by atoms with van der Waals surface area (Å²) in [6.45, 7) is 0.222. The number of β-amino-alcohol motifs (C(OH)–C–C–N with tert-alkyl or cyclic N) is 1. The summed E-state index contributed by atoms with van der Waals surface area (Å²) in [6, 6.07) is 1.87. The molecule has 5 rings (SSSR count). The number of nitrogens with zero attached hydrogens (tertiary/aromatic N) is 5. The molecule has 0 aromatic carbocycles. The van der Waals surface area contributed by atoms with Gasteiger partial charge < -0.3 is 10.4 Å². The average molecular weight is 482 g/mol. The Morgan fingerprint density at radius 2 is 1.94 bits per heavy atom. The van der Waals surface area contributed by atoms with Crippen LogP contribution in [0.1, 0.15) is 31.3 Å². The smallest absolute Gasteiger partial charge is 0.265 e. The molecule has 1 saturated carbocycles. The predicted molar refractivity (Wildman–Crippen MR) is 113 cm³/mol. The molecule has 0 amide bonds. The Morgan fingerprint density at radius 3 is 2.64 bits per heavy atom. The summed E-state index contributed by atoms with van der Waals surface area (Å²) in [5, 5.41) is 17.4. The molecule has 1 aliphatic heterocycles. The highest BCUT2D eigenvalue weighted by atomic mass is 32.2. The maximum Gasteiger partial charge on any atom is 0.265 e. The SMILES string of the molecule is O=S(=O)(C1CC1)N1CC[C@@H](Nc2ncc3c(F)cc(-c4cncc(C(F)F)c4)n3n2)[C@H](O)C1. The third kappa shape index (κ3) is 4.15. The van der Waals surface area contributed by atoms with E-state index in [4.69, 9.17) is 0 Å². The van der Waals surface area contributed by atoms with Gasteiger partial charge in [-0.25, -0.2) is 31.1 Å². The Balaban J connectivity index is 1.39. The molecular weight excluding hydrogens is 461 g/mol. The van der Waals surface area contributed by atoms with Crippen LogP contribution in [-0.2, 0) is 10.0 Å². The van der Waals surface area contributed by atoms with Crippen LogP contribution < -0.4 is 5.32 Å². The first-order valence-electron chi connectivity index (χ1n) is 10.5. The Bertz CT molecular complexity index is 1300. The average Bonchev–Trinajstić information content (AvgIpc) is 3.60. The number of hydrogen-bond acceptors (Lipinski definition) is 7. The number of sulfonamides is 1. The second-order valence-corrected chi connectivity index (χ2v) is 10.5.